The zero-order valence-electron chi connectivity index (χ0n) is 21.8. The molecule has 3 aliphatic heterocycles. The van der Waals surface area contributed by atoms with E-state index in [1.54, 1.807) is 7.11 Å². The normalized spacial score (nSPS) is 23.2. The van der Waals surface area contributed by atoms with Crippen molar-refractivity contribution in [1.82, 2.24) is 9.88 Å². The van der Waals surface area contributed by atoms with Crippen LogP contribution in [0.25, 0.3) is 0 Å². The molecule has 1 aliphatic carbocycles. The van der Waals surface area contributed by atoms with Crippen LogP contribution in [0.5, 0.6) is 11.6 Å². The molecule has 1 aromatic heterocycles. The Morgan fingerprint density at radius 2 is 1.68 bits per heavy atom. The molecule has 0 N–H and O–H groups in total. The quantitative estimate of drug-likeness (QED) is 0.589. The van der Waals surface area contributed by atoms with Crippen LogP contribution in [0.2, 0.25) is 0 Å². The highest BCUT2D eigenvalue weighted by atomic mass is 16.5. The smallest absolute Gasteiger partial charge is 0.253 e. The number of anilines is 2. The highest BCUT2D eigenvalue weighted by molar-refractivity contribution is 5.95. The molecule has 0 radical (unpaired) electrons. The number of benzene rings is 1. The van der Waals surface area contributed by atoms with Crippen molar-refractivity contribution in [3.63, 3.8) is 0 Å². The van der Waals surface area contributed by atoms with Gasteiger partial charge >= 0.3 is 0 Å². The van der Waals surface area contributed by atoms with Crippen LogP contribution in [-0.2, 0) is 9.53 Å². The number of methoxy groups -OCH3 is 1. The number of morpholine rings is 1. The van der Waals surface area contributed by atoms with Crippen LogP contribution < -0.4 is 19.3 Å². The van der Waals surface area contributed by atoms with Gasteiger partial charge in [-0.2, -0.15) is 0 Å². The number of carbonyl (C=O) groups is 1. The summed E-state index contributed by atoms with van der Waals surface area (Å²) in [5.74, 6) is 1.52. The van der Waals surface area contributed by atoms with Gasteiger partial charge in [0.2, 0.25) is 5.88 Å². The second-order valence-electron chi connectivity index (χ2n) is 10.9. The average molecular weight is 507 g/mol. The van der Waals surface area contributed by atoms with Gasteiger partial charge in [-0.15, -0.1) is 0 Å². The van der Waals surface area contributed by atoms with E-state index in [1.165, 1.54) is 19.3 Å². The molecule has 1 spiro atoms. The number of nitrogens with zero attached hydrogens (tertiary/aromatic N) is 4. The van der Waals surface area contributed by atoms with E-state index in [1.807, 2.05) is 41.4 Å². The summed E-state index contributed by atoms with van der Waals surface area (Å²) in [6.07, 6.45) is 10.2. The summed E-state index contributed by atoms with van der Waals surface area (Å²) in [5.41, 5.74) is 1.69. The molecule has 37 heavy (non-hydrogen) atoms. The first-order valence-electron chi connectivity index (χ1n) is 13.8. The summed E-state index contributed by atoms with van der Waals surface area (Å²) >= 11 is 0. The average Bonchev–Trinajstić information content (AvgIpc) is 2.91. The van der Waals surface area contributed by atoms with E-state index in [9.17, 15) is 4.79 Å². The number of carbonyl (C=O) groups excluding carboxylic acids is 1. The van der Waals surface area contributed by atoms with Crippen molar-refractivity contribution < 1.29 is 19.0 Å². The maximum atomic E-state index is 12.6. The number of aromatic nitrogens is 1. The third kappa shape index (κ3) is 5.27. The van der Waals surface area contributed by atoms with Crippen molar-refractivity contribution in [3.8, 4) is 11.6 Å². The van der Waals surface area contributed by atoms with Gasteiger partial charge in [0.1, 0.15) is 18.5 Å². The van der Waals surface area contributed by atoms with Gasteiger partial charge in [-0.25, -0.2) is 4.98 Å². The Bertz CT molecular complexity index is 1060. The lowest BCUT2D eigenvalue weighted by Gasteiger charge is -2.47. The third-order valence-electron chi connectivity index (χ3n) is 8.75. The molecule has 2 aromatic rings. The van der Waals surface area contributed by atoms with E-state index in [2.05, 4.69) is 20.9 Å². The van der Waals surface area contributed by atoms with Gasteiger partial charge in [-0.1, -0.05) is 6.42 Å². The Labute approximate surface area is 219 Å². The molecular formula is C29H38N4O4. The van der Waals surface area contributed by atoms with Crippen LogP contribution in [0.15, 0.2) is 42.6 Å². The fourth-order valence-electron chi connectivity index (χ4n) is 6.10. The van der Waals surface area contributed by atoms with Crippen molar-refractivity contribution in [2.75, 3.05) is 56.2 Å². The van der Waals surface area contributed by atoms with Crippen molar-refractivity contribution in [1.29, 1.82) is 0 Å². The van der Waals surface area contributed by atoms with E-state index < -0.39 is 0 Å². The number of pyridine rings is 1. The zero-order valence-corrected chi connectivity index (χ0v) is 21.8. The van der Waals surface area contributed by atoms with Crippen LogP contribution >= 0.6 is 0 Å². The second-order valence-corrected chi connectivity index (χ2v) is 10.9. The number of piperidine rings is 2. The summed E-state index contributed by atoms with van der Waals surface area (Å²) < 4.78 is 17.6. The summed E-state index contributed by atoms with van der Waals surface area (Å²) in [5, 5.41) is 0. The van der Waals surface area contributed by atoms with Crippen molar-refractivity contribution >= 4 is 17.3 Å². The molecule has 4 fully saturated rings. The van der Waals surface area contributed by atoms with Crippen molar-refractivity contribution in [2.45, 2.75) is 62.7 Å². The molecular weight excluding hydrogens is 468 g/mol. The molecule has 6 rings (SSSR count). The Morgan fingerprint density at radius 1 is 0.946 bits per heavy atom. The number of likely N-dealkylation sites (tertiary alicyclic amines) is 1. The summed E-state index contributed by atoms with van der Waals surface area (Å²) in [6.45, 7) is 4.73. The third-order valence-corrected chi connectivity index (χ3v) is 8.75. The Hall–Kier alpha value is -2.84. The van der Waals surface area contributed by atoms with Crippen LogP contribution in [0, 0.1) is 0 Å². The minimum atomic E-state index is -0.310. The molecule has 0 unspecified atom stereocenters. The molecule has 1 saturated carbocycles. The van der Waals surface area contributed by atoms with E-state index >= 15 is 0 Å². The molecule has 0 bridgehead atoms. The lowest BCUT2D eigenvalue weighted by Crippen LogP contribution is -2.59. The van der Waals surface area contributed by atoms with E-state index in [-0.39, 0.29) is 24.2 Å². The summed E-state index contributed by atoms with van der Waals surface area (Å²) in [6, 6.07) is 12.6. The fraction of sp³-hybridized carbons (Fsp3) is 0.586. The van der Waals surface area contributed by atoms with E-state index in [0.717, 1.165) is 80.9 Å². The predicted octanol–water partition coefficient (Wildman–Crippen LogP) is 3.89. The van der Waals surface area contributed by atoms with Crippen LogP contribution in [0.4, 0.5) is 11.4 Å². The topological polar surface area (TPSA) is 67.4 Å². The number of hydrogen-bond donors (Lipinski definition) is 0. The molecule has 4 aliphatic rings. The number of hydrogen-bond acceptors (Lipinski definition) is 7. The van der Waals surface area contributed by atoms with Gasteiger partial charge in [0, 0.05) is 44.0 Å². The minimum absolute atomic E-state index is 0.00622. The van der Waals surface area contributed by atoms with Gasteiger partial charge in [-0.05, 0) is 68.9 Å². The first-order chi connectivity index (χ1) is 18.1. The van der Waals surface area contributed by atoms with Gasteiger partial charge < -0.3 is 28.9 Å². The first-order valence-corrected chi connectivity index (χ1v) is 13.8. The van der Waals surface area contributed by atoms with Crippen LogP contribution in [0.1, 0.15) is 44.9 Å². The monoisotopic (exact) mass is 506 g/mol. The molecule has 3 saturated heterocycles. The Kier molecular flexibility index (Phi) is 6.95. The summed E-state index contributed by atoms with van der Waals surface area (Å²) in [4.78, 5) is 24.1. The number of ether oxygens (including phenoxy) is 3. The highest BCUT2D eigenvalue weighted by Gasteiger charge is 2.43. The summed E-state index contributed by atoms with van der Waals surface area (Å²) in [7, 11) is 1.65. The van der Waals surface area contributed by atoms with Crippen LogP contribution in [0.3, 0.4) is 0 Å². The number of amides is 1. The predicted molar refractivity (Wildman–Crippen MR) is 143 cm³/mol. The molecule has 4 heterocycles. The molecule has 0 atom stereocenters. The number of rotatable bonds is 6. The van der Waals surface area contributed by atoms with Gasteiger partial charge in [0.15, 0.2) is 0 Å². The van der Waals surface area contributed by atoms with Crippen molar-refractivity contribution in [2.24, 2.45) is 0 Å². The molecule has 1 aromatic carbocycles. The Balaban J connectivity index is 1.01. The van der Waals surface area contributed by atoms with Crippen molar-refractivity contribution in [3.05, 3.63) is 42.6 Å². The SMILES string of the molecule is COc1ccc(N2CC3(CCN(c4ccc(OC5CCN(C6CCC6)CC5)nc4)CC3)OCC2=O)cc1. The fourth-order valence-corrected chi connectivity index (χ4v) is 6.10. The zero-order chi connectivity index (χ0) is 25.2. The molecule has 1 amide bonds. The van der Waals surface area contributed by atoms with E-state index in [0.29, 0.717) is 6.54 Å². The van der Waals surface area contributed by atoms with Crippen LogP contribution in [-0.4, -0.2) is 80.0 Å². The highest BCUT2D eigenvalue weighted by Crippen LogP contribution is 2.35. The van der Waals surface area contributed by atoms with Gasteiger partial charge in [0.05, 0.1) is 31.1 Å². The minimum Gasteiger partial charge on any atom is -0.497 e. The van der Waals surface area contributed by atoms with Gasteiger partial charge in [0.25, 0.3) is 5.91 Å². The molecule has 8 heteroatoms. The molecule has 8 nitrogen and oxygen atoms in total. The Morgan fingerprint density at radius 3 is 2.30 bits per heavy atom. The largest absolute Gasteiger partial charge is 0.497 e. The second kappa shape index (κ2) is 10.5. The lowest BCUT2D eigenvalue weighted by molar-refractivity contribution is -0.141. The van der Waals surface area contributed by atoms with E-state index in [4.69, 9.17) is 14.2 Å². The van der Waals surface area contributed by atoms with Gasteiger partial charge in [-0.3, -0.25) is 4.79 Å². The first kappa shape index (κ1) is 24.5. The maximum absolute atomic E-state index is 12.6. The maximum Gasteiger partial charge on any atom is 0.253 e. The standard InChI is InChI=1S/C29H38N4O4/c1-35-25-8-5-23(6-9-25)33-21-29(36-20-28(33)34)13-17-32(18-14-29)24-7-10-27(30-19-24)37-26-11-15-31(16-12-26)22-3-2-4-22/h5-10,19,22,26H,2-4,11-18,20-21H2,1H3. The lowest BCUT2D eigenvalue weighted by atomic mass is 9.88. The molecule has 198 valence electrons.